The predicted molar refractivity (Wildman–Crippen MR) is 113 cm³/mol. The molecule has 0 atom stereocenters. The van der Waals surface area contributed by atoms with Gasteiger partial charge in [0.25, 0.3) is 5.56 Å². The number of sulfonamides is 1. The number of aromatic amines is 1. The van der Waals surface area contributed by atoms with Gasteiger partial charge in [-0.05, 0) is 31.5 Å². The van der Waals surface area contributed by atoms with Crippen molar-refractivity contribution < 1.29 is 17.9 Å². The van der Waals surface area contributed by atoms with Crippen molar-refractivity contribution >= 4 is 26.8 Å². The SMILES string of the molecule is CCCc1nn(C)c2c(=O)[nH]c(-c3cc(S(=O)(=O)N4CC(=O)C4)ccc3OCC)nc12. The van der Waals surface area contributed by atoms with Crippen LogP contribution in [-0.4, -0.2) is 58.0 Å². The Balaban J connectivity index is 1.90. The maximum absolute atomic E-state index is 12.9. The molecular formula is C20H23N5O5S. The topological polar surface area (TPSA) is 127 Å². The first-order valence-corrected chi connectivity index (χ1v) is 11.4. The highest BCUT2D eigenvalue weighted by molar-refractivity contribution is 7.89. The van der Waals surface area contributed by atoms with Crippen LogP contribution >= 0.6 is 0 Å². The van der Waals surface area contributed by atoms with Gasteiger partial charge in [-0.1, -0.05) is 13.3 Å². The van der Waals surface area contributed by atoms with Gasteiger partial charge in [-0.15, -0.1) is 0 Å². The number of benzene rings is 1. The van der Waals surface area contributed by atoms with Gasteiger partial charge in [0, 0.05) is 7.05 Å². The van der Waals surface area contributed by atoms with Crippen molar-refractivity contribution in [1.29, 1.82) is 0 Å². The van der Waals surface area contributed by atoms with Gasteiger partial charge >= 0.3 is 0 Å². The Kier molecular flexibility index (Phi) is 5.40. The van der Waals surface area contributed by atoms with Crippen LogP contribution in [0.15, 0.2) is 27.9 Å². The summed E-state index contributed by atoms with van der Waals surface area (Å²) in [7, 11) is -2.16. The largest absolute Gasteiger partial charge is 0.493 e. The fourth-order valence-corrected chi connectivity index (χ4v) is 5.01. The van der Waals surface area contributed by atoms with Crippen LogP contribution in [-0.2, 0) is 28.3 Å². The minimum atomic E-state index is -3.84. The summed E-state index contributed by atoms with van der Waals surface area (Å²) in [6.07, 6.45) is 1.49. The van der Waals surface area contributed by atoms with Gasteiger partial charge in [0.15, 0.2) is 11.3 Å². The first-order valence-electron chi connectivity index (χ1n) is 10.0. The monoisotopic (exact) mass is 445 g/mol. The number of fused-ring (bicyclic) bond motifs is 1. The smallest absolute Gasteiger partial charge is 0.277 e. The molecule has 4 rings (SSSR count). The molecule has 164 valence electrons. The Labute approximate surface area is 178 Å². The number of hydrogen-bond donors (Lipinski definition) is 1. The van der Waals surface area contributed by atoms with Crippen LogP contribution in [0.5, 0.6) is 5.75 Å². The number of H-pyrrole nitrogens is 1. The molecule has 1 aliphatic heterocycles. The van der Waals surface area contributed by atoms with Gasteiger partial charge in [0.1, 0.15) is 17.1 Å². The van der Waals surface area contributed by atoms with Crippen molar-refractivity contribution in [3.05, 3.63) is 34.2 Å². The molecule has 0 aliphatic carbocycles. The van der Waals surface area contributed by atoms with Crippen LogP contribution in [0.4, 0.5) is 0 Å². The molecular weight excluding hydrogens is 422 g/mol. The first kappa shape index (κ1) is 21.2. The van der Waals surface area contributed by atoms with E-state index in [1.165, 1.54) is 22.9 Å². The van der Waals surface area contributed by atoms with Gasteiger partial charge in [-0.3, -0.25) is 14.3 Å². The average Bonchev–Trinajstić information content (AvgIpc) is 3.02. The third-order valence-electron chi connectivity index (χ3n) is 5.10. The molecule has 1 aliphatic rings. The van der Waals surface area contributed by atoms with E-state index in [4.69, 9.17) is 4.74 Å². The van der Waals surface area contributed by atoms with E-state index in [1.807, 2.05) is 6.92 Å². The minimum Gasteiger partial charge on any atom is -0.493 e. The summed E-state index contributed by atoms with van der Waals surface area (Å²) in [6.45, 7) is 3.89. The number of rotatable bonds is 7. The number of aryl methyl sites for hydroxylation is 2. The lowest BCUT2D eigenvalue weighted by Crippen LogP contribution is -2.50. The molecule has 1 saturated heterocycles. The second-order valence-corrected chi connectivity index (χ2v) is 9.27. The molecule has 10 nitrogen and oxygen atoms in total. The Morgan fingerprint density at radius 2 is 1.94 bits per heavy atom. The van der Waals surface area contributed by atoms with Gasteiger partial charge in [-0.25, -0.2) is 13.4 Å². The van der Waals surface area contributed by atoms with Gasteiger partial charge in [0.2, 0.25) is 10.0 Å². The fraction of sp³-hybridized carbons (Fsp3) is 0.400. The van der Waals surface area contributed by atoms with Crippen molar-refractivity contribution in [2.45, 2.75) is 31.6 Å². The summed E-state index contributed by atoms with van der Waals surface area (Å²) in [5.41, 5.74) is 1.51. The van der Waals surface area contributed by atoms with E-state index in [-0.39, 0.29) is 35.2 Å². The summed E-state index contributed by atoms with van der Waals surface area (Å²) >= 11 is 0. The number of ketones is 1. The van der Waals surface area contributed by atoms with Crippen molar-refractivity contribution in [1.82, 2.24) is 24.1 Å². The Hall–Kier alpha value is -3.05. The molecule has 1 N–H and O–H groups in total. The number of nitrogens with zero attached hydrogens (tertiary/aromatic N) is 4. The van der Waals surface area contributed by atoms with Crippen LogP contribution in [0.1, 0.15) is 26.0 Å². The second-order valence-electron chi connectivity index (χ2n) is 7.33. The molecule has 3 aromatic rings. The number of aromatic nitrogens is 4. The molecule has 0 saturated carbocycles. The fourth-order valence-electron chi connectivity index (χ4n) is 3.58. The Morgan fingerprint density at radius 1 is 1.19 bits per heavy atom. The molecule has 1 fully saturated rings. The molecule has 0 amide bonds. The highest BCUT2D eigenvalue weighted by Crippen LogP contribution is 2.32. The van der Waals surface area contributed by atoms with Crippen LogP contribution < -0.4 is 10.3 Å². The zero-order valence-electron chi connectivity index (χ0n) is 17.5. The highest BCUT2D eigenvalue weighted by atomic mass is 32.2. The molecule has 0 radical (unpaired) electrons. The van der Waals surface area contributed by atoms with E-state index in [1.54, 1.807) is 14.0 Å². The quantitative estimate of drug-likeness (QED) is 0.580. The summed E-state index contributed by atoms with van der Waals surface area (Å²) < 4.78 is 34.0. The van der Waals surface area contributed by atoms with Crippen molar-refractivity contribution in [3.8, 4) is 17.1 Å². The van der Waals surface area contributed by atoms with E-state index >= 15 is 0 Å². The second kappa shape index (κ2) is 7.89. The summed E-state index contributed by atoms with van der Waals surface area (Å²) in [5.74, 6) is 0.457. The molecule has 31 heavy (non-hydrogen) atoms. The zero-order valence-corrected chi connectivity index (χ0v) is 18.3. The summed E-state index contributed by atoms with van der Waals surface area (Å²) in [4.78, 5) is 31.4. The number of ether oxygens (including phenoxy) is 1. The number of Topliss-reactive ketones (excluding diaryl/α,β-unsaturated/α-hetero) is 1. The number of nitrogens with one attached hydrogen (secondary N) is 1. The van der Waals surface area contributed by atoms with Crippen molar-refractivity contribution in [3.63, 3.8) is 0 Å². The molecule has 0 unspecified atom stereocenters. The number of carbonyl (C=O) groups excluding carboxylic acids is 1. The lowest BCUT2D eigenvalue weighted by molar-refractivity contribution is -0.125. The van der Waals surface area contributed by atoms with E-state index in [2.05, 4.69) is 15.1 Å². The summed E-state index contributed by atoms with van der Waals surface area (Å²) in [6, 6.07) is 4.38. The van der Waals surface area contributed by atoms with E-state index in [0.29, 0.717) is 41.1 Å². The maximum Gasteiger partial charge on any atom is 0.277 e. The van der Waals surface area contributed by atoms with E-state index in [9.17, 15) is 18.0 Å². The van der Waals surface area contributed by atoms with Gasteiger partial charge < -0.3 is 9.72 Å². The first-order chi connectivity index (χ1) is 14.8. The Bertz CT molecular complexity index is 1330. The third-order valence-corrected chi connectivity index (χ3v) is 6.89. The van der Waals surface area contributed by atoms with Gasteiger partial charge in [0.05, 0.1) is 35.8 Å². The molecule has 0 bridgehead atoms. The molecule has 0 spiro atoms. The average molecular weight is 446 g/mol. The maximum atomic E-state index is 12.9. The van der Waals surface area contributed by atoms with E-state index < -0.39 is 10.0 Å². The third kappa shape index (κ3) is 3.63. The minimum absolute atomic E-state index is 0.00108. The molecule has 1 aromatic carbocycles. The van der Waals surface area contributed by atoms with Crippen LogP contribution in [0, 0.1) is 0 Å². The summed E-state index contributed by atoms with van der Waals surface area (Å²) in [5, 5.41) is 4.41. The van der Waals surface area contributed by atoms with Crippen molar-refractivity contribution in [2.75, 3.05) is 19.7 Å². The van der Waals surface area contributed by atoms with Gasteiger partial charge in [-0.2, -0.15) is 9.40 Å². The lowest BCUT2D eigenvalue weighted by Gasteiger charge is -2.28. The molecule has 2 aromatic heterocycles. The van der Waals surface area contributed by atoms with Crippen LogP contribution in [0.25, 0.3) is 22.4 Å². The molecule has 3 heterocycles. The number of carbonyl (C=O) groups is 1. The molecule has 11 heteroatoms. The van der Waals surface area contributed by atoms with Crippen molar-refractivity contribution in [2.24, 2.45) is 7.05 Å². The van der Waals surface area contributed by atoms with E-state index in [0.717, 1.165) is 10.7 Å². The Morgan fingerprint density at radius 3 is 2.58 bits per heavy atom. The predicted octanol–water partition coefficient (Wildman–Crippen LogP) is 1.25. The number of hydrogen-bond acceptors (Lipinski definition) is 7. The highest BCUT2D eigenvalue weighted by Gasteiger charge is 2.35. The normalized spacial score (nSPS) is 14.7. The van der Waals surface area contributed by atoms with Crippen LogP contribution in [0.3, 0.4) is 0 Å². The zero-order chi connectivity index (χ0) is 22.3. The standard InChI is InChI=1S/C20H23N5O5S/c1-4-6-15-17-18(24(3)23-15)20(27)22-19(21-17)14-9-13(7-8-16(14)30-5-2)31(28,29)25-10-12(26)11-25/h7-9H,4-6,10-11H2,1-3H3,(H,21,22,27). The van der Waals surface area contributed by atoms with Crippen LogP contribution in [0.2, 0.25) is 0 Å². The lowest BCUT2D eigenvalue weighted by atomic mass is 10.1.